The first kappa shape index (κ1) is 14.4. The third kappa shape index (κ3) is 4.98. The predicted molar refractivity (Wildman–Crippen MR) is 70.4 cm³/mol. The highest BCUT2D eigenvalue weighted by atomic mass is 35.5. The Labute approximate surface area is 113 Å². The van der Waals surface area contributed by atoms with Crippen LogP contribution in [0.15, 0.2) is 18.2 Å². The smallest absolute Gasteiger partial charge is 0.304 e. The molecule has 92 valence electrons. The van der Waals surface area contributed by atoms with E-state index in [0.29, 0.717) is 21.4 Å². The molecule has 0 atom stereocenters. The molecule has 0 fully saturated rings. The Bertz CT molecular complexity index is 435. The number of rotatable bonds is 6. The highest BCUT2D eigenvalue weighted by molar-refractivity contribution is 8.00. The lowest BCUT2D eigenvalue weighted by molar-refractivity contribution is -0.136. The van der Waals surface area contributed by atoms with E-state index in [2.05, 4.69) is 0 Å². The van der Waals surface area contributed by atoms with E-state index in [9.17, 15) is 9.59 Å². The van der Waals surface area contributed by atoms with Gasteiger partial charge in [-0.05, 0) is 18.2 Å². The molecule has 0 aliphatic rings. The monoisotopic (exact) mass is 292 g/mol. The lowest BCUT2D eigenvalue weighted by Crippen LogP contribution is -2.05. The van der Waals surface area contributed by atoms with Gasteiger partial charge >= 0.3 is 5.97 Å². The molecule has 0 aliphatic carbocycles. The number of benzene rings is 1. The molecule has 0 aliphatic heterocycles. The number of hydrogen-bond donors (Lipinski definition) is 1. The maximum Gasteiger partial charge on any atom is 0.304 e. The molecule has 1 aromatic carbocycles. The second-order valence-electron chi connectivity index (χ2n) is 3.24. The van der Waals surface area contributed by atoms with Gasteiger partial charge in [0.15, 0.2) is 5.78 Å². The van der Waals surface area contributed by atoms with Gasteiger partial charge in [-0.25, -0.2) is 0 Å². The number of Topliss-reactive ketones (excluding diaryl/α,β-unsaturated/α-hetero) is 1. The number of carboxylic acids is 1. The molecule has 0 heterocycles. The Hall–Kier alpha value is -0.710. The minimum absolute atomic E-state index is 0.0479. The maximum atomic E-state index is 11.7. The van der Waals surface area contributed by atoms with Crippen LogP contribution in [0.5, 0.6) is 0 Å². The molecule has 0 unspecified atom stereocenters. The summed E-state index contributed by atoms with van der Waals surface area (Å²) in [6.45, 7) is 0. The molecule has 6 heteroatoms. The van der Waals surface area contributed by atoms with Crippen LogP contribution >= 0.6 is 35.0 Å². The van der Waals surface area contributed by atoms with Gasteiger partial charge in [0.05, 0.1) is 17.2 Å². The molecule has 17 heavy (non-hydrogen) atoms. The van der Waals surface area contributed by atoms with Gasteiger partial charge in [-0.2, -0.15) is 11.8 Å². The van der Waals surface area contributed by atoms with Crippen molar-refractivity contribution in [2.45, 2.75) is 6.42 Å². The summed E-state index contributed by atoms with van der Waals surface area (Å²) in [5.74, 6) is -0.363. The van der Waals surface area contributed by atoms with E-state index < -0.39 is 5.97 Å². The van der Waals surface area contributed by atoms with Crippen LogP contribution in [0.4, 0.5) is 0 Å². The van der Waals surface area contributed by atoms with Gasteiger partial charge in [0.1, 0.15) is 0 Å². The van der Waals surface area contributed by atoms with E-state index in [0.717, 1.165) is 0 Å². The topological polar surface area (TPSA) is 54.4 Å². The van der Waals surface area contributed by atoms with Gasteiger partial charge in [0.25, 0.3) is 0 Å². The van der Waals surface area contributed by atoms with Crippen molar-refractivity contribution < 1.29 is 14.7 Å². The minimum atomic E-state index is -0.866. The fourth-order valence-electron chi connectivity index (χ4n) is 1.12. The summed E-state index contributed by atoms with van der Waals surface area (Å²) in [5, 5.41) is 9.23. The molecule has 0 saturated carbocycles. The molecule has 1 N–H and O–H groups in total. The second kappa shape index (κ2) is 6.89. The first-order valence-electron chi connectivity index (χ1n) is 4.78. The molecule has 3 nitrogen and oxygen atoms in total. The Kier molecular flexibility index (Phi) is 5.82. The summed E-state index contributed by atoms with van der Waals surface area (Å²) in [5.41, 5.74) is 0.416. The van der Waals surface area contributed by atoms with Crippen LogP contribution in [0.3, 0.4) is 0 Å². The van der Waals surface area contributed by atoms with Crippen LogP contribution in [0.2, 0.25) is 10.0 Å². The van der Waals surface area contributed by atoms with E-state index in [1.807, 2.05) is 0 Å². The van der Waals surface area contributed by atoms with Crippen molar-refractivity contribution in [3.8, 4) is 0 Å². The summed E-state index contributed by atoms with van der Waals surface area (Å²) in [6.07, 6.45) is 0.0479. The maximum absolute atomic E-state index is 11.7. The number of aliphatic carboxylic acids is 1. The van der Waals surface area contributed by atoms with Crippen LogP contribution in [-0.4, -0.2) is 28.4 Å². The largest absolute Gasteiger partial charge is 0.481 e. The van der Waals surface area contributed by atoms with Crippen molar-refractivity contribution in [1.29, 1.82) is 0 Å². The van der Waals surface area contributed by atoms with Gasteiger partial charge in [0.2, 0.25) is 0 Å². The van der Waals surface area contributed by atoms with Crippen LogP contribution < -0.4 is 0 Å². The van der Waals surface area contributed by atoms with Crippen LogP contribution in [-0.2, 0) is 4.79 Å². The third-order valence-electron chi connectivity index (χ3n) is 1.92. The summed E-state index contributed by atoms with van der Waals surface area (Å²) in [7, 11) is 0. The van der Waals surface area contributed by atoms with E-state index in [1.54, 1.807) is 12.1 Å². The van der Waals surface area contributed by atoms with Gasteiger partial charge in [0, 0.05) is 16.3 Å². The van der Waals surface area contributed by atoms with E-state index in [4.69, 9.17) is 28.3 Å². The van der Waals surface area contributed by atoms with Crippen LogP contribution in [0.25, 0.3) is 0 Å². The fourth-order valence-corrected chi connectivity index (χ4v) is 2.44. The molecule has 0 saturated heterocycles. The highest BCUT2D eigenvalue weighted by Gasteiger charge is 2.10. The molecule has 1 rings (SSSR count). The fraction of sp³-hybridized carbons (Fsp3) is 0.273. The van der Waals surface area contributed by atoms with Gasteiger partial charge in [-0.1, -0.05) is 23.2 Å². The number of hydrogen-bond acceptors (Lipinski definition) is 3. The van der Waals surface area contributed by atoms with E-state index >= 15 is 0 Å². The van der Waals surface area contributed by atoms with Crippen molar-refractivity contribution in [3.05, 3.63) is 33.8 Å². The Morgan fingerprint density at radius 1 is 1.29 bits per heavy atom. The standard InChI is InChI=1S/C11H10Cl2O3S/c12-7-1-2-8(9(13)5-7)10(14)6-17-4-3-11(15)16/h1-2,5H,3-4,6H2,(H,15,16). The number of carbonyl (C=O) groups is 2. The average Bonchev–Trinajstić information content (AvgIpc) is 2.23. The number of thioether (sulfide) groups is 1. The molecular weight excluding hydrogens is 283 g/mol. The first-order chi connectivity index (χ1) is 8.00. The van der Waals surface area contributed by atoms with E-state index in [1.165, 1.54) is 17.8 Å². The average molecular weight is 293 g/mol. The molecule has 0 bridgehead atoms. The number of ketones is 1. The van der Waals surface area contributed by atoms with Crippen molar-refractivity contribution in [2.24, 2.45) is 0 Å². The van der Waals surface area contributed by atoms with E-state index in [-0.39, 0.29) is 18.0 Å². The summed E-state index contributed by atoms with van der Waals surface area (Å²) in [4.78, 5) is 22.0. The highest BCUT2D eigenvalue weighted by Crippen LogP contribution is 2.22. The Morgan fingerprint density at radius 2 is 2.00 bits per heavy atom. The second-order valence-corrected chi connectivity index (χ2v) is 5.19. The molecule has 1 aromatic rings. The minimum Gasteiger partial charge on any atom is -0.481 e. The summed E-state index contributed by atoms with van der Waals surface area (Å²) < 4.78 is 0. The molecular formula is C11H10Cl2O3S. The molecule has 0 amide bonds. The molecule has 0 spiro atoms. The normalized spacial score (nSPS) is 10.2. The first-order valence-corrected chi connectivity index (χ1v) is 6.69. The molecule has 0 radical (unpaired) electrons. The lowest BCUT2D eigenvalue weighted by Gasteiger charge is -2.03. The summed E-state index contributed by atoms with van der Waals surface area (Å²) >= 11 is 12.9. The zero-order valence-corrected chi connectivity index (χ0v) is 11.1. The lowest BCUT2D eigenvalue weighted by atomic mass is 10.1. The quantitative estimate of drug-likeness (QED) is 0.645. The molecule has 0 aromatic heterocycles. The Morgan fingerprint density at radius 3 is 2.59 bits per heavy atom. The number of halogens is 2. The van der Waals surface area contributed by atoms with Crippen molar-refractivity contribution in [3.63, 3.8) is 0 Å². The van der Waals surface area contributed by atoms with Crippen molar-refractivity contribution in [2.75, 3.05) is 11.5 Å². The SMILES string of the molecule is O=C(O)CCSCC(=O)c1ccc(Cl)cc1Cl. The zero-order chi connectivity index (χ0) is 12.8. The summed E-state index contributed by atoms with van der Waals surface area (Å²) in [6, 6.07) is 4.69. The van der Waals surface area contributed by atoms with Crippen LogP contribution in [0, 0.1) is 0 Å². The number of carboxylic acid groups (broad SMARTS) is 1. The zero-order valence-electron chi connectivity index (χ0n) is 8.78. The van der Waals surface area contributed by atoms with Crippen molar-refractivity contribution >= 4 is 46.7 Å². The third-order valence-corrected chi connectivity index (χ3v) is 3.43. The van der Waals surface area contributed by atoms with Gasteiger partial charge < -0.3 is 5.11 Å². The predicted octanol–water partition coefficient (Wildman–Crippen LogP) is 3.38. The number of carbonyl (C=O) groups excluding carboxylic acids is 1. The Balaban J connectivity index is 2.50. The van der Waals surface area contributed by atoms with Crippen LogP contribution in [0.1, 0.15) is 16.8 Å². The van der Waals surface area contributed by atoms with Gasteiger partial charge in [-0.3, -0.25) is 9.59 Å². The van der Waals surface area contributed by atoms with Crippen molar-refractivity contribution in [1.82, 2.24) is 0 Å². The van der Waals surface area contributed by atoms with Gasteiger partial charge in [-0.15, -0.1) is 0 Å².